The van der Waals surface area contributed by atoms with Crippen molar-refractivity contribution in [3.8, 4) is 0 Å². The van der Waals surface area contributed by atoms with E-state index in [-0.39, 0.29) is 18.0 Å². The minimum atomic E-state index is -0.236. The lowest BCUT2D eigenvalue weighted by atomic mass is 10.1. The van der Waals surface area contributed by atoms with Crippen LogP contribution in [0.1, 0.15) is 40.5 Å². The molecule has 0 aromatic carbocycles. The minimum absolute atomic E-state index is 0.0677. The zero-order valence-electron chi connectivity index (χ0n) is 13.2. The third-order valence-electron chi connectivity index (χ3n) is 3.33. The predicted molar refractivity (Wildman–Crippen MR) is 82.7 cm³/mol. The van der Waals surface area contributed by atoms with E-state index in [0.717, 1.165) is 19.6 Å². The van der Waals surface area contributed by atoms with Gasteiger partial charge < -0.3 is 16.4 Å². The second kappa shape index (κ2) is 7.47. The van der Waals surface area contributed by atoms with Crippen LogP contribution in [0.5, 0.6) is 0 Å². The maximum atomic E-state index is 11.6. The van der Waals surface area contributed by atoms with Gasteiger partial charge in [0.1, 0.15) is 6.54 Å². The summed E-state index contributed by atoms with van der Waals surface area (Å²) < 4.78 is 0. The Morgan fingerprint density at radius 3 is 2.75 bits per heavy atom. The SMILES string of the molecule is CCN1CCCC1CNC(N)=NCC(=O)NC(C)(C)C. The molecule has 1 heterocycles. The molecule has 1 unspecified atom stereocenters. The molecule has 1 saturated heterocycles. The van der Waals surface area contributed by atoms with E-state index < -0.39 is 0 Å². The number of carbonyl (C=O) groups is 1. The van der Waals surface area contributed by atoms with E-state index in [1.165, 1.54) is 12.8 Å². The van der Waals surface area contributed by atoms with Gasteiger partial charge in [-0.25, -0.2) is 4.99 Å². The number of likely N-dealkylation sites (N-methyl/N-ethyl adjacent to an activating group) is 1. The number of hydrogen-bond acceptors (Lipinski definition) is 3. The Morgan fingerprint density at radius 2 is 2.15 bits per heavy atom. The van der Waals surface area contributed by atoms with Gasteiger partial charge in [0.15, 0.2) is 5.96 Å². The van der Waals surface area contributed by atoms with Gasteiger partial charge in [-0.3, -0.25) is 9.69 Å². The number of nitrogens with two attached hydrogens (primary N) is 1. The lowest BCUT2D eigenvalue weighted by Gasteiger charge is -2.23. The minimum Gasteiger partial charge on any atom is -0.370 e. The highest BCUT2D eigenvalue weighted by Gasteiger charge is 2.22. The van der Waals surface area contributed by atoms with Crippen molar-refractivity contribution in [2.24, 2.45) is 10.7 Å². The zero-order valence-corrected chi connectivity index (χ0v) is 13.2. The molecule has 20 heavy (non-hydrogen) atoms. The average Bonchev–Trinajstić information content (AvgIpc) is 2.79. The van der Waals surface area contributed by atoms with Gasteiger partial charge in [-0.15, -0.1) is 0 Å². The molecule has 0 bridgehead atoms. The van der Waals surface area contributed by atoms with Crippen molar-refractivity contribution < 1.29 is 4.79 Å². The van der Waals surface area contributed by atoms with Crippen LogP contribution in [-0.4, -0.2) is 54.5 Å². The molecule has 0 radical (unpaired) electrons. The molecular weight excluding hydrogens is 254 g/mol. The first-order chi connectivity index (χ1) is 9.31. The highest BCUT2D eigenvalue weighted by molar-refractivity contribution is 5.84. The summed E-state index contributed by atoms with van der Waals surface area (Å²) in [6.07, 6.45) is 2.43. The van der Waals surface area contributed by atoms with E-state index in [1.807, 2.05) is 20.8 Å². The zero-order chi connectivity index (χ0) is 15.2. The third kappa shape index (κ3) is 6.23. The number of guanidine groups is 1. The van der Waals surface area contributed by atoms with Gasteiger partial charge in [0.05, 0.1) is 0 Å². The molecule has 0 aromatic rings. The van der Waals surface area contributed by atoms with Crippen molar-refractivity contribution in [3.63, 3.8) is 0 Å². The van der Waals surface area contributed by atoms with Crippen LogP contribution in [0.4, 0.5) is 0 Å². The molecular formula is C14H29N5O. The van der Waals surface area contributed by atoms with Crippen molar-refractivity contribution >= 4 is 11.9 Å². The van der Waals surface area contributed by atoms with Crippen molar-refractivity contribution in [1.29, 1.82) is 0 Å². The van der Waals surface area contributed by atoms with E-state index in [2.05, 4.69) is 27.4 Å². The number of nitrogens with one attached hydrogen (secondary N) is 2. The predicted octanol–water partition coefficient (Wildman–Crippen LogP) is 0.290. The molecule has 0 spiro atoms. The molecule has 1 amide bonds. The Kier molecular flexibility index (Phi) is 6.26. The number of aliphatic imine (C=N–C) groups is 1. The van der Waals surface area contributed by atoms with Gasteiger partial charge in [0.25, 0.3) is 0 Å². The van der Waals surface area contributed by atoms with Gasteiger partial charge in [-0.2, -0.15) is 0 Å². The summed E-state index contributed by atoms with van der Waals surface area (Å²) in [7, 11) is 0. The van der Waals surface area contributed by atoms with Crippen LogP contribution in [0.25, 0.3) is 0 Å². The van der Waals surface area contributed by atoms with E-state index in [1.54, 1.807) is 0 Å². The summed E-state index contributed by atoms with van der Waals surface area (Å²) >= 11 is 0. The van der Waals surface area contributed by atoms with Crippen LogP contribution in [0.3, 0.4) is 0 Å². The standard InChI is InChI=1S/C14H29N5O/c1-5-19-8-6-7-11(19)9-16-13(15)17-10-12(20)18-14(2,3)4/h11H,5-10H2,1-4H3,(H,18,20)(H3,15,16,17). The van der Waals surface area contributed by atoms with Crippen LogP contribution in [0.2, 0.25) is 0 Å². The van der Waals surface area contributed by atoms with Gasteiger partial charge in [0, 0.05) is 18.1 Å². The summed E-state index contributed by atoms with van der Waals surface area (Å²) in [6.45, 7) is 11.1. The van der Waals surface area contributed by atoms with E-state index in [4.69, 9.17) is 5.73 Å². The Morgan fingerprint density at radius 1 is 1.45 bits per heavy atom. The van der Waals surface area contributed by atoms with Crippen LogP contribution in [-0.2, 0) is 4.79 Å². The first-order valence-electron chi connectivity index (χ1n) is 7.40. The molecule has 116 valence electrons. The smallest absolute Gasteiger partial charge is 0.242 e. The summed E-state index contributed by atoms with van der Waals surface area (Å²) in [4.78, 5) is 18.1. The molecule has 0 aliphatic carbocycles. The van der Waals surface area contributed by atoms with Crippen molar-refractivity contribution in [3.05, 3.63) is 0 Å². The van der Waals surface area contributed by atoms with Crippen LogP contribution in [0, 0.1) is 0 Å². The number of amides is 1. The Hall–Kier alpha value is -1.30. The fourth-order valence-corrected chi connectivity index (χ4v) is 2.44. The molecule has 1 aliphatic heterocycles. The molecule has 1 fully saturated rings. The van der Waals surface area contributed by atoms with Crippen LogP contribution >= 0.6 is 0 Å². The molecule has 0 aromatic heterocycles. The highest BCUT2D eigenvalue weighted by Crippen LogP contribution is 2.15. The average molecular weight is 283 g/mol. The maximum Gasteiger partial charge on any atom is 0.242 e. The Balaban J connectivity index is 2.30. The fraction of sp³-hybridized carbons (Fsp3) is 0.857. The third-order valence-corrected chi connectivity index (χ3v) is 3.33. The van der Waals surface area contributed by atoms with Crippen molar-refractivity contribution in [2.75, 3.05) is 26.2 Å². The Labute approximate surface area is 122 Å². The fourth-order valence-electron chi connectivity index (χ4n) is 2.44. The van der Waals surface area contributed by atoms with Gasteiger partial charge in [-0.1, -0.05) is 6.92 Å². The first kappa shape index (κ1) is 16.8. The number of carbonyl (C=O) groups excluding carboxylic acids is 1. The Bertz CT molecular complexity index is 348. The van der Waals surface area contributed by atoms with Crippen molar-refractivity contribution in [2.45, 2.75) is 52.1 Å². The summed E-state index contributed by atoms with van der Waals surface area (Å²) in [5.74, 6) is 0.232. The first-order valence-corrected chi connectivity index (χ1v) is 7.40. The molecule has 1 atom stereocenters. The largest absolute Gasteiger partial charge is 0.370 e. The lowest BCUT2D eigenvalue weighted by Crippen LogP contribution is -2.44. The van der Waals surface area contributed by atoms with Gasteiger partial charge in [0.2, 0.25) is 5.91 Å². The quantitative estimate of drug-likeness (QED) is 0.500. The van der Waals surface area contributed by atoms with Crippen LogP contribution in [0.15, 0.2) is 4.99 Å². The van der Waals surface area contributed by atoms with E-state index in [0.29, 0.717) is 12.0 Å². The molecule has 0 saturated carbocycles. The van der Waals surface area contributed by atoms with Gasteiger partial charge >= 0.3 is 0 Å². The number of hydrogen-bond donors (Lipinski definition) is 3. The lowest BCUT2D eigenvalue weighted by molar-refractivity contribution is -0.121. The second-order valence-electron chi connectivity index (χ2n) is 6.31. The maximum absolute atomic E-state index is 11.6. The summed E-state index contributed by atoms with van der Waals surface area (Å²) in [5.41, 5.74) is 5.56. The second-order valence-corrected chi connectivity index (χ2v) is 6.31. The van der Waals surface area contributed by atoms with Crippen molar-refractivity contribution in [1.82, 2.24) is 15.5 Å². The molecule has 1 aliphatic rings. The molecule has 6 nitrogen and oxygen atoms in total. The van der Waals surface area contributed by atoms with E-state index in [9.17, 15) is 4.79 Å². The number of rotatable bonds is 5. The monoisotopic (exact) mass is 283 g/mol. The topological polar surface area (TPSA) is 82.8 Å². The molecule has 6 heteroatoms. The normalized spacial score (nSPS) is 21.0. The summed E-state index contributed by atoms with van der Waals surface area (Å²) in [5, 5.41) is 5.96. The number of nitrogens with zero attached hydrogens (tertiary/aromatic N) is 2. The molecule has 4 N–H and O–H groups in total. The van der Waals surface area contributed by atoms with Gasteiger partial charge in [-0.05, 0) is 46.7 Å². The highest BCUT2D eigenvalue weighted by atomic mass is 16.2. The van der Waals surface area contributed by atoms with Crippen LogP contribution < -0.4 is 16.4 Å². The molecule has 1 rings (SSSR count). The number of likely N-dealkylation sites (tertiary alicyclic amines) is 1. The summed E-state index contributed by atoms with van der Waals surface area (Å²) in [6, 6.07) is 0.525. The van der Waals surface area contributed by atoms with E-state index >= 15 is 0 Å².